The van der Waals surface area contributed by atoms with Crippen molar-refractivity contribution in [1.29, 1.82) is 0 Å². The number of aromatic nitrogens is 3. The molecule has 0 amide bonds. The summed E-state index contributed by atoms with van der Waals surface area (Å²) in [6.45, 7) is 0. The van der Waals surface area contributed by atoms with Crippen molar-refractivity contribution < 1.29 is 0 Å². The molecule has 1 aliphatic carbocycles. The maximum absolute atomic E-state index is 4.31. The quantitative estimate of drug-likeness (QED) is 0.753. The summed E-state index contributed by atoms with van der Waals surface area (Å²) >= 11 is 0. The third-order valence-corrected chi connectivity index (χ3v) is 2.16. The first-order valence-corrected chi connectivity index (χ1v) is 5.06. The summed E-state index contributed by atoms with van der Waals surface area (Å²) in [7, 11) is 5.63. The molecule has 15 heavy (non-hydrogen) atoms. The van der Waals surface area contributed by atoms with E-state index in [0.29, 0.717) is 23.9 Å². The van der Waals surface area contributed by atoms with Crippen LogP contribution in [-0.4, -0.2) is 42.1 Å². The summed E-state index contributed by atoms with van der Waals surface area (Å²) in [5, 5.41) is 6.18. The Hall–Kier alpha value is -1.59. The SMILES string of the molecule is CNc1nc(NC2CC2)nc(N(C)C)n1. The van der Waals surface area contributed by atoms with Gasteiger partial charge >= 0.3 is 0 Å². The molecule has 0 unspecified atom stereocenters. The standard InChI is InChI=1S/C9H16N6/c1-10-7-12-8(11-6-4-5-6)14-9(13-7)15(2)3/h6H,4-5H2,1-3H3,(H2,10,11,12,13,14). The van der Waals surface area contributed by atoms with Gasteiger partial charge in [0.05, 0.1) is 0 Å². The molecule has 1 aromatic heterocycles. The third kappa shape index (κ3) is 2.45. The van der Waals surface area contributed by atoms with E-state index in [9.17, 15) is 0 Å². The highest BCUT2D eigenvalue weighted by Gasteiger charge is 2.22. The monoisotopic (exact) mass is 208 g/mol. The largest absolute Gasteiger partial charge is 0.357 e. The average Bonchev–Trinajstić information content (AvgIpc) is 3.01. The first kappa shape index (κ1) is 9.95. The van der Waals surface area contributed by atoms with Gasteiger partial charge in [-0.05, 0) is 12.8 Å². The van der Waals surface area contributed by atoms with Gasteiger partial charge in [-0.15, -0.1) is 0 Å². The highest BCUT2D eigenvalue weighted by Crippen LogP contribution is 2.23. The second-order valence-corrected chi connectivity index (χ2v) is 3.85. The summed E-state index contributed by atoms with van der Waals surface area (Å²) in [5.74, 6) is 1.91. The van der Waals surface area contributed by atoms with Gasteiger partial charge in [-0.25, -0.2) is 0 Å². The zero-order valence-corrected chi connectivity index (χ0v) is 9.28. The smallest absolute Gasteiger partial charge is 0.231 e. The molecule has 6 heteroatoms. The van der Waals surface area contributed by atoms with E-state index >= 15 is 0 Å². The van der Waals surface area contributed by atoms with Crippen LogP contribution in [0.15, 0.2) is 0 Å². The zero-order valence-electron chi connectivity index (χ0n) is 9.28. The van der Waals surface area contributed by atoms with Crippen molar-refractivity contribution in [3.63, 3.8) is 0 Å². The summed E-state index contributed by atoms with van der Waals surface area (Å²) in [4.78, 5) is 14.7. The van der Waals surface area contributed by atoms with Gasteiger partial charge in [0.25, 0.3) is 0 Å². The molecule has 1 heterocycles. The van der Waals surface area contributed by atoms with Gasteiger partial charge in [-0.2, -0.15) is 15.0 Å². The molecule has 1 aliphatic rings. The van der Waals surface area contributed by atoms with Crippen LogP contribution in [0.2, 0.25) is 0 Å². The van der Waals surface area contributed by atoms with Crippen molar-refractivity contribution in [3.05, 3.63) is 0 Å². The lowest BCUT2D eigenvalue weighted by Gasteiger charge is -2.12. The molecule has 0 bridgehead atoms. The summed E-state index contributed by atoms with van der Waals surface area (Å²) in [6, 6.07) is 0.548. The first-order chi connectivity index (χ1) is 7.19. The van der Waals surface area contributed by atoms with E-state index < -0.39 is 0 Å². The van der Waals surface area contributed by atoms with Crippen LogP contribution in [0.25, 0.3) is 0 Å². The molecule has 0 atom stereocenters. The van der Waals surface area contributed by atoms with E-state index in [0.717, 1.165) is 0 Å². The number of hydrogen-bond donors (Lipinski definition) is 2. The van der Waals surface area contributed by atoms with Crippen molar-refractivity contribution in [3.8, 4) is 0 Å². The molecule has 82 valence electrons. The molecule has 2 rings (SSSR count). The Morgan fingerprint density at radius 2 is 1.80 bits per heavy atom. The van der Waals surface area contributed by atoms with Gasteiger partial charge in [0.2, 0.25) is 17.8 Å². The minimum atomic E-state index is 0.548. The van der Waals surface area contributed by atoms with Gasteiger partial charge < -0.3 is 15.5 Å². The van der Waals surface area contributed by atoms with Gasteiger partial charge in [0.1, 0.15) is 0 Å². The maximum atomic E-state index is 4.31. The molecule has 0 aliphatic heterocycles. The van der Waals surface area contributed by atoms with Crippen molar-refractivity contribution in [2.75, 3.05) is 36.7 Å². The van der Waals surface area contributed by atoms with Crippen molar-refractivity contribution >= 4 is 17.8 Å². The Labute approximate surface area is 89.1 Å². The Morgan fingerprint density at radius 1 is 1.13 bits per heavy atom. The Balaban J connectivity index is 2.23. The van der Waals surface area contributed by atoms with Crippen LogP contribution in [0, 0.1) is 0 Å². The van der Waals surface area contributed by atoms with E-state index in [1.807, 2.05) is 19.0 Å². The lowest BCUT2D eigenvalue weighted by molar-refractivity contribution is 0.943. The van der Waals surface area contributed by atoms with Crippen LogP contribution in [0.3, 0.4) is 0 Å². The van der Waals surface area contributed by atoms with Gasteiger partial charge in [-0.1, -0.05) is 0 Å². The normalized spacial score (nSPS) is 14.9. The summed E-state index contributed by atoms with van der Waals surface area (Å²) in [5.41, 5.74) is 0. The van der Waals surface area contributed by atoms with Crippen molar-refractivity contribution in [1.82, 2.24) is 15.0 Å². The minimum absolute atomic E-state index is 0.548. The van der Waals surface area contributed by atoms with Crippen LogP contribution in [-0.2, 0) is 0 Å². The highest BCUT2D eigenvalue weighted by atomic mass is 15.3. The first-order valence-electron chi connectivity index (χ1n) is 5.06. The molecular formula is C9H16N6. The molecule has 1 fully saturated rings. The highest BCUT2D eigenvalue weighted by molar-refractivity contribution is 5.43. The summed E-state index contributed by atoms with van der Waals surface area (Å²) < 4.78 is 0. The van der Waals surface area contributed by atoms with Crippen LogP contribution in [0.5, 0.6) is 0 Å². The minimum Gasteiger partial charge on any atom is -0.357 e. The zero-order chi connectivity index (χ0) is 10.8. The number of anilines is 3. The molecule has 0 saturated heterocycles. The molecular weight excluding hydrogens is 192 g/mol. The van der Waals surface area contributed by atoms with Crippen LogP contribution < -0.4 is 15.5 Å². The second-order valence-electron chi connectivity index (χ2n) is 3.85. The topological polar surface area (TPSA) is 66.0 Å². The molecule has 0 spiro atoms. The predicted octanol–water partition coefficient (Wildman–Crippen LogP) is 0.554. The molecule has 1 saturated carbocycles. The van der Waals surface area contributed by atoms with Crippen LogP contribution in [0.1, 0.15) is 12.8 Å². The van der Waals surface area contributed by atoms with Gasteiger partial charge in [-0.3, -0.25) is 0 Å². The molecule has 0 aromatic carbocycles. The van der Waals surface area contributed by atoms with Crippen LogP contribution >= 0.6 is 0 Å². The van der Waals surface area contributed by atoms with Crippen molar-refractivity contribution in [2.45, 2.75) is 18.9 Å². The van der Waals surface area contributed by atoms with Crippen LogP contribution in [0.4, 0.5) is 17.8 Å². The van der Waals surface area contributed by atoms with E-state index in [1.54, 1.807) is 7.05 Å². The van der Waals surface area contributed by atoms with E-state index in [2.05, 4.69) is 25.6 Å². The lowest BCUT2D eigenvalue weighted by atomic mass is 10.6. The van der Waals surface area contributed by atoms with Gasteiger partial charge in [0, 0.05) is 27.2 Å². The Kier molecular flexibility index (Phi) is 2.57. The average molecular weight is 208 g/mol. The number of nitrogens with one attached hydrogen (secondary N) is 2. The Bertz CT molecular complexity index is 346. The fraction of sp³-hybridized carbons (Fsp3) is 0.667. The number of hydrogen-bond acceptors (Lipinski definition) is 6. The molecule has 6 nitrogen and oxygen atoms in total. The fourth-order valence-corrected chi connectivity index (χ4v) is 1.15. The number of rotatable bonds is 4. The third-order valence-electron chi connectivity index (χ3n) is 2.16. The van der Waals surface area contributed by atoms with E-state index in [-0.39, 0.29) is 0 Å². The predicted molar refractivity (Wildman–Crippen MR) is 60.3 cm³/mol. The molecule has 1 aromatic rings. The lowest BCUT2D eigenvalue weighted by Crippen LogP contribution is -2.17. The van der Waals surface area contributed by atoms with Gasteiger partial charge in [0.15, 0.2) is 0 Å². The van der Waals surface area contributed by atoms with Crippen molar-refractivity contribution in [2.24, 2.45) is 0 Å². The molecule has 2 N–H and O–H groups in total. The maximum Gasteiger partial charge on any atom is 0.231 e. The molecule has 0 radical (unpaired) electrons. The summed E-state index contributed by atoms with van der Waals surface area (Å²) in [6.07, 6.45) is 2.41. The van der Waals surface area contributed by atoms with E-state index in [1.165, 1.54) is 12.8 Å². The fourth-order valence-electron chi connectivity index (χ4n) is 1.15. The second kappa shape index (κ2) is 3.88. The van der Waals surface area contributed by atoms with E-state index in [4.69, 9.17) is 0 Å². The number of nitrogens with zero attached hydrogens (tertiary/aromatic N) is 4. The Morgan fingerprint density at radius 3 is 2.33 bits per heavy atom.